The number of benzene rings is 1. The lowest BCUT2D eigenvalue weighted by Crippen LogP contribution is -2.54. The molecule has 1 aliphatic heterocycles. The SMILES string of the molecule is O=C(CN1C(=O)NC2(CCCC2)C1=O)NC1(c2ccc(F)cc2)CCC1. The fourth-order valence-electron chi connectivity index (χ4n) is 4.37. The summed E-state index contributed by atoms with van der Waals surface area (Å²) in [6.07, 6.45) is 5.55. The van der Waals surface area contributed by atoms with Gasteiger partial charge in [0.15, 0.2) is 0 Å². The zero-order valence-electron chi connectivity index (χ0n) is 14.5. The van der Waals surface area contributed by atoms with E-state index in [1.807, 2.05) is 0 Å². The van der Waals surface area contributed by atoms with Gasteiger partial charge in [0.1, 0.15) is 17.9 Å². The van der Waals surface area contributed by atoms with Crippen molar-refractivity contribution in [2.45, 2.75) is 56.0 Å². The number of halogens is 1. The minimum atomic E-state index is -0.803. The number of nitrogens with one attached hydrogen (secondary N) is 2. The normalized spacial score (nSPS) is 23.0. The van der Waals surface area contributed by atoms with Crippen LogP contribution in [0.3, 0.4) is 0 Å². The Bertz CT molecular complexity index is 752. The molecule has 0 aromatic heterocycles. The van der Waals surface area contributed by atoms with Crippen molar-refractivity contribution < 1.29 is 18.8 Å². The Morgan fingerprint density at radius 1 is 1.08 bits per heavy atom. The second-order valence-electron chi connectivity index (χ2n) is 7.60. The summed E-state index contributed by atoms with van der Waals surface area (Å²) < 4.78 is 13.2. The topological polar surface area (TPSA) is 78.5 Å². The van der Waals surface area contributed by atoms with Crippen LogP contribution in [-0.4, -0.2) is 34.8 Å². The van der Waals surface area contributed by atoms with Crippen LogP contribution in [0.25, 0.3) is 0 Å². The molecule has 26 heavy (non-hydrogen) atoms. The Balaban J connectivity index is 1.46. The van der Waals surface area contributed by atoms with Crippen molar-refractivity contribution in [1.82, 2.24) is 15.5 Å². The van der Waals surface area contributed by atoms with E-state index in [0.29, 0.717) is 12.8 Å². The predicted octanol–water partition coefficient (Wildman–Crippen LogP) is 2.19. The molecule has 6 nitrogen and oxygen atoms in total. The van der Waals surface area contributed by atoms with Gasteiger partial charge in [0.05, 0.1) is 5.54 Å². The highest BCUT2D eigenvalue weighted by atomic mass is 19.1. The Morgan fingerprint density at radius 2 is 1.73 bits per heavy atom. The maximum absolute atomic E-state index is 13.2. The molecule has 1 saturated heterocycles. The van der Waals surface area contributed by atoms with Crippen LogP contribution in [0.1, 0.15) is 50.5 Å². The second-order valence-corrected chi connectivity index (χ2v) is 7.60. The number of imide groups is 1. The number of hydrogen-bond acceptors (Lipinski definition) is 3. The van der Waals surface area contributed by atoms with E-state index < -0.39 is 17.1 Å². The van der Waals surface area contributed by atoms with Crippen molar-refractivity contribution in [3.8, 4) is 0 Å². The number of hydrogen-bond donors (Lipinski definition) is 2. The van der Waals surface area contributed by atoms with Crippen molar-refractivity contribution in [3.05, 3.63) is 35.6 Å². The molecule has 7 heteroatoms. The van der Waals surface area contributed by atoms with Crippen LogP contribution in [0.15, 0.2) is 24.3 Å². The molecule has 1 aromatic rings. The highest BCUT2D eigenvalue weighted by Crippen LogP contribution is 2.41. The highest BCUT2D eigenvalue weighted by Gasteiger charge is 2.53. The molecular formula is C19H22FN3O3. The van der Waals surface area contributed by atoms with Gasteiger partial charge in [0, 0.05) is 0 Å². The fourth-order valence-corrected chi connectivity index (χ4v) is 4.37. The zero-order valence-corrected chi connectivity index (χ0v) is 14.5. The van der Waals surface area contributed by atoms with Crippen LogP contribution in [0.4, 0.5) is 9.18 Å². The van der Waals surface area contributed by atoms with Crippen molar-refractivity contribution in [2.75, 3.05) is 6.54 Å². The summed E-state index contributed by atoms with van der Waals surface area (Å²) in [5, 5.41) is 5.76. The Kier molecular flexibility index (Phi) is 3.97. The summed E-state index contributed by atoms with van der Waals surface area (Å²) in [5.41, 5.74) is -0.486. The first-order valence-electron chi connectivity index (χ1n) is 9.15. The first kappa shape index (κ1) is 17.0. The lowest BCUT2D eigenvalue weighted by atomic mass is 9.71. The molecule has 1 aromatic carbocycles. The molecule has 0 atom stereocenters. The van der Waals surface area contributed by atoms with Gasteiger partial charge >= 0.3 is 6.03 Å². The quantitative estimate of drug-likeness (QED) is 0.809. The van der Waals surface area contributed by atoms with E-state index in [9.17, 15) is 18.8 Å². The number of nitrogens with zero attached hydrogens (tertiary/aromatic N) is 1. The van der Waals surface area contributed by atoms with Crippen LogP contribution in [0.5, 0.6) is 0 Å². The Morgan fingerprint density at radius 3 is 2.31 bits per heavy atom. The van der Waals surface area contributed by atoms with E-state index in [0.717, 1.165) is 42.6 Å². The van der Waals surface area contributed by atoms with Gasteiger partial charge in [0.2, 0.25) is 5.91 Å². The third kappa shape index (κ3) is 2.66. The molecule has 0 bridgehead atoms. The molecule has 3 fully saturated rings. The maximum Gasteiger partial charge on any atom is 0.325 e. The van der Waals surface area contributed by atoms with Gasteiger partial charge in [-0.2, -0.15) is 0 Å². The first-order valence-corrected chi connectivity index (χ1v) is 9.15. The highest BCUT2D eigenvalue weighted by molar-refractivity contribution is 6.09. The van der Waals surface area contributed by atoms with E-state index >= 15 is 0 Å². The van der Waals surface area contributed by atoms with E-state index in [4.69, 9.17) is 0 Å². The van der Waals surface area contributed by atoms with Crippen LogP contribution in [0.2, 0.25) is 0 Å². The molecule has 0 unspecified atom stereocenters. The average molecular weight is 359 g/mol. The van der Waals surface area contributed by atoms with Crippen molar-refractivity contribution >= 4 is 17.8 Å². The summed E-state index contributed by atoms with van der Waals surface area (Å²) in [6, 6.07) is 5.62. The number of amides is 4. The summed E-state index contributed by atoms with van der Waals surface area (Å²) in [4.78, 5) is 38.5. The monoisotopic (exact) mass is 359 g/mol. The Labute approximate surface area is 151 Å². The van der Waals surface area contributed by atoms with E-state index in [1.165, 1.54) is 12.1 Å². The molecule has 0 radical (unpaired) electrons. The average Bonchev–Trinajstić information content (AvgIpc) is 3.13. The number of urea groups is 1. The van der Waals surface area contributed by atoms with Gasteiger partial charge in [-0.25, -0.2) is 9.18 Å². The van der Waals surface area contributed by atoms with E-state index in [2.05, 4.69) is 10.6 Å². The lowest BCUT2D eigenvalue weighted by Gasteiger charge is -2.43. The van der Waals surface area contributed by atoms with E-state index in [1.54, 1.807) is 12.1 Å². The molecule has 4 amide bonds. The van der Waals surface area contributed by atoms with Gasteiger partial charge in [-0.1, -0.05) is 25.0 Å². The molecule has 2 aliphatic carbocycles. The van der Waals surface area contributed by atoms with Crippen LogP contribution < -0.4 is 10.6 Å². The lowest BCUT2D eigenvalue weighted by molar-refractivity contribution is -0.135. The summed E-state index contributed by atoms with van der Waals surface area (Å²) >= 11 is 0. The summed E-state index contributed by atoms with van der Waals surface area (Å²) in [7, 11) is 0. The predicted molar refractivity (Wildman–Crippen MR) is 91.5 cm³/mol. The van der Waals surface area contributed by atoms with Crippen molar-refractivity contribution in [2.24, 2.45) is 0 Å². The van der Waals surface area contributed by atoms with E-state index in [-0.39, 0.29) is 24.2 Å². The molecule has 4 rings (SSSR count). The molecule has 2 saturated carbocycles. The minimum absolute atomic E-state index is 0.282. The zero-order chi connectivity index (χ0) is 18.4. The largest absolute Gasteiger partial charge is 0.345 e. The maximum atomic E-state index is 13.2. The van der Waals surface area contributed by atoms with Crippen LogP contribution >= 0.6 is 0 Å². The van der Waals surface area contributed by atoms with Crippen LogP contribution in [0, 0.1) is 5.82 Å². The Hall–Kier alpha value is -2.44. The standard InChI is InChI=1S/C19H22FN3O3/c20-14-6-4-13(5-7-14)18(10-3-11-18)21-15(24)12-23-16(25)19(22-17(23)26)8-1-2-9-19/h4-7H,1-3,8-12H2,(H,21,24)(H,22,26). The molecule has 2 N–H and O–H groups in total. The molecule has 1 spiro atoms. The fraction of sp³-hybridized carbons (Fsp3) is 0.526. The van der Waals surface area contributed by atoms with Crippen molar-refractivity contribution in [1.29, 1.82) is 0 Å². The molecule has 1 heterocycles. The summed E-state index contributed by atoms with van der Waals surface area (Å²) in [5.74, 6) is -0.983. The van der Waals surface area contributed by atoms with Gasteiger partial charge in [-0.05, 0) is 49.8 Å². The van der Waals surface area contributed by atoms with Gasteiger partial charge < -0.3 is 10.6 Å². The molecular weight excluding hydrogens is 337 g/mol. The molecule has 3 aliphatic rings. The van der Waals surface area contributed by atoms with Gasteiger partial charge in [0.25, 0.3) is 5.91 Å². The molecule has 138 valence electrons. The van der Waals surface area contributed by atoms with Gasteiger partial charge in [-0.15, -0.1) is 0 Å². The first-order chi connectivity index (χ1) is 12.4. The number of rotatable bonds is 4. The van der Waals surface area contributed by atoms with Gasteiger partial charge in [-0.3, -0.25) is 14.5 Å². The third-order valence-electron chi connectivity index (χ3n) is 5.99. The number of carbonyl (C=O) groups is 3. The van der Waals surface area contributed by atoms with Crippen molar-refractivity contribution in [3.63, 3.8) is 0 Å². The number of carbonyl (C=O) groups excluding carboxylic acids is 3. The minimum Gasteiger partial charge on any atom is -0.345 e. The van der Waals surface area contributed by atoms with Crippen LogP contribution in [-0.2, 0) is 15.1 Å². The second kappa shape index (κ2) is 6.07. The smallest absolute Gasteiger partial charge is 0.325 e. The third-order valence-corrected chi connectivity index (χ3v) is 5.99. The summed E-state index contributed by atoms with van der Waals surface area (Å²) in [6.45, 7) is -0.282.